The first-order chi connectivity index (χ1) is 8.61. The zero-order valence-corrected chi connectivity index (χ0v) is 10.0. The molecule has 2 aromatic rings. The fourth-order valence-electron chi connectivity index (χ4n) is 1.57. The van der Waals surface area contributed by atoms with Crippen molar-refractivity contribution in [3.63, 3.8) is 0 Å². The lowest BCUT2D eigenvalue weighted by molar-refractivity contribution is 0.0696. The van der Waals surface area contributed by atoms with Gasteiger partial charge in [0, 0.05) is 12.4 Å². The zero-order chi connectivity index (χ0) is 13.1. The average Bonchev–Trinajstić information content (AvgIpc) is 2.39. The van der Waals surface area contributed by atoms with Crippen LogP contribution in [0.5, 0.6) is 5.75 Å². The molecule has 0 fully saturated rings. The van der Waals surface area contributed by atoms with Crippen LogP contribution in [0.1, 0.15) is 15.9 Å². The van der Waals surface area contributed by atoms with E-state index < -0.39 is 5.97 Å². The number of hydrogen-bond donors (Lipinski definition) is 1. The van der Waals surface area contributed by atoms with E-state index in [1.54, 1.807) is 7.11 Å². The summed E-state index contributed by atoms with van der Waals surface area (Å²) >= 11 is 0. The molecule has 0 amide bonds. The smallest absolute Gasteiger partial charge is 0.338 e. The zero-order valence-electron chi connectivity index (χ0n) is 10.0. The SMILES string of the molecule is COc1ccc(C)cc1-c1ncc(C(=O)O)cn1. The first-order valence-electron chi connectivity index (χ1n) is 5.32. The quantitative estimate of drug-likeness (QED) is 0.895. The summed E-state index contributed by atoms with van der Waals surface area (Å²) in [6.07, 6.45) is 2.57. The molecule has 18 heavy (non-hydrogen) atoms. The van der Waals surface area contributed by atoms with Crippen LogP contribution in [0.2, 0.25) is 0 Å². The topological polar surface area (TPSA) is 72.3 Å². The van der Waals surface area contributed by atoms with Crippen molar-refractivity contribution in [3.8, 4) is 17.1 Å². The Morgan fingerprint density at radius 3 is 2.50 bits per heavy atom. The standard InChI is InChI=1S/C13H12N2O3/c1-8-3-4-11(18-2)10(5-8)12-14-6-9(7-15-12)13(16)17/h3-7H,1-2H3,(H,16,17). The van der Waals surface area contributed by atoms with Crippen LogP contribution in [0.3, 0.4) is 0 Å². The summed E-state index contributed by atoms with van der Waals surface area (Å²) in [5.74, 6) is 0.0574. The summed E-state index contributed by atoms with van der Waals surface area (Å²) in [6.45, 7) is 1.95. The number of hydrogen-bond acceptors (Lipinski definition) is 4. The van der Waals surface area contributed by atoms with Crippen LogP contribution in [-0.2, 0) is 0 Å². The van der Waals surface area contributed by atoms with Crippen molar-refractivity contribution in [2.75, 3.05) is 7.11 Å². The first kappa shape index (κ1) is 12.0. The average molecular weight is 244 g/mol. The van der Waals surface area contributed by atoms with Crippen molar-refractivity contribution in [2.45, 2.75) is 6.92 Å². The number of benzene rings is 1. The predicted octanol–water partition coefficient (Wildman–Crippen LogP) is 2.16. The normalized spacial score (nSPS) is 10.1. The van der Waals surface area contributed by atoms with Crippen molar-refractivity contribution in [1.82, 2.24) is 9.97 Å². The molecular formula is C13H12N2O3. The molecule has 0 radical (unpaired) electrons. The Bertz CT molecular complexity index is 579. The molecule has 1 aromatic heterocycles. The largest absolute Gasteiger partial charge is 0.496 e. The van der Waals surface area contributed by atoms with E-state index in [9.17, 15) is 4.79 Å². The monoisotopic (exact) mass is 244 g/mol. The highest BCUT2D eigenvalue weighted by Gasteiger charge is 2.10. The van der Waals surface area contributed by atoms with Gasteiger partial charge in [-0.1, -0.05) is 11.6 Å². The third-order valence-electron chi connectivity index (χ3n) is 2.49. The maximum Gasteiger partial charge on any atom is 0.338 e. The van der Waals surface area contributed by atoms with Gasteiger partial charge in [-0.25, -0.2) is 14.8 Å². The molecule has 1 N–H and O–H groups in total. The minimum atomic E-state index is -1.04. The fourth-order valence-corrected chi connectivity index (χ4v) is 1.57. The Kier molecular flexibility index (Phi) is 3.23. The van der Waals surface area contributed by atoms with Crippen LogP contribution in [0.15, 0.2) is 30.6 Å². The molecular weight excluding hydrogens is 232 g/mol. The number of ether oxygens (including phenoxy) is 1. The van der Waals surface area contributed by atoms with Gasteiger partial charge in [0.2, 0.25) is 0 Å². The lowest BCUT2D eigenvalue weighted by atomic mass is 10.1. The van der Waals surface area contributed by atoms with Gasteiger partial charge in [0.1, 0.15) is 5.75 Å². The van der Waals surface area contributed by atoms with E-state index in [-0.39, 0.29) is 5.56 Å². The molecule has 92 valence electrons. The molecule has 0 bridgehead atoms. The summed E-state index contributed by atoms with van der Waals surface area (Å²) < 4.78 is 5.24. The van der Waals surface area contributed by atoms with Gasteiger partial charge in [-0.15, -0.1) is 0 Å². The molecule has 0 aliphatic heterocycles. The number of nitrogens with zero attached hydrogens (tertiary/aromatic N) is 2. The minimum absolute atomic E-state index is 0.0605. The molecule has 0 spiro atoms. The summed E-state index contributed by atoms with van der Waals surface area (Å²) in [7, 11) is 1.57. The highest BCUT2D eigenvalue weighted by atomic mass is 16.5. The Morgan fingerprint density at radius 1 is 1.28 bits per heavy atom. The maximum absolute atomic E-state index is 10.7. The van der Waals surface area contributed by atoms with E-state index in [0.717, 1.165) is 11.1 Å². The van der Waals surface area contributed by atoms with E-state index in [4.69, 9.17) is 9.84 Å². The number of aromatic carboxylic acids is 1. The molecule has 0 saturated heterocycles. The van der Waals surface area contributed by atoms with Gasteiger partial charge in [-0.05, 0) is 19.1 Å². The summed E-state index contributed by atoms with van der Waals surface area (Å²) in [5, 5.41) is 8.79. The van der Waals surface area contributed by atoms with E-state index in [1.807, 2.05) is 25.1 Å². The van der Waals surface area contributed by atoms with Gasteiger partial charge < -0.3 is 9.84 Å². The Morgan fingerprint density at radius 2 is 1.94 bits per heavy atom. The van der Waals surface area contributed by atoms with Gasteiger partial charge >= 0.3 is 5.97 Å². The lowest BCUT2D eigenvalue weighted by Gasteiger charge is -2.08. The highest BCUT2D eigenvalue weighted by Crippen LogP contribution is 2.27. The van der Waals surface area contributed by atoms with Gasteiger partial charge in [0.25, 0.3) is 0 Å². The summed E-state index contributed by atoms with van der Waals surface area (Å²) in [5.41, 5.74) is 1.86. The van der Waals surface area contributed by atoms with Crippen molar-refractivity contribution >= 4 is 5.97 Å². The van der Waals surface area contributed by atoms with Gasteiger partial charge in [-0.2, -0.15) is 0 Å². The second-order valence-corrected chi connectivity index (χ2v) is 3.80. The van der Waals surface area contributed by atoms with E-state index in [0.29, 0.717) is 11.6 Å². The molecule has 1 heterocycles. The third kappa shape index (κ3) is 2.29. The van der Waals surface area contributed by atoms with Crippen LogP contribution in [0, 0.1) is 6.92 Å². The molecule has 0 aliphatic carbocycles. The van der Waals surface area contributed by atoms with E-state index in [2.05, 4.69) is 9.97 Å². The maximum atomic E-state index is 10.7. The number of aryl methyl sites for hydroxylation is 1. The van der Waals surface area contributed by atoms with Crippen LogP contribution >= 0.6 is 0 Å². The molecule has 5 heteroatoms. The molecule has 0 unspecified atom stereocenters. The van der Waals surface area contributed by atoms with Gasteiger partial charge in [-0.3, -0.25) is 0 Å². The molecule has 0 aliphatic rings. The van der Waals surface area contributed by atoms with Crippen LogP contribution in [-0.4, -0.2) is 28.2 Å². The molecule has 1 aromatic carbocycles. The number of aromatic nitrogens is 2. The van der Waals surface area contributed by atoms with Gasteiger partial charge in [0.15, 0.2) is 5.82 Å². The number of carboxylic acid groups (broad SMARTS) is 1. The van der Waals surface area contributed by atoms with Crippen molar-refractivity contribution < 1.29 is 14.6 Å². The van der Waals surface area contributed by atoms with Crippen molar-refractivity contribution in [2.24, 2.45) is 0 Å². The molecule has 0 saturated carbocycles. The Hall–Kier alpha value is -2.43. The second kappa shape index (κ2) is 4.83. The molecule has 2 rings (SSSR count). The molecule has 0 atom stereocenters. The Labute approximate surface area is 104 Å². The van der Waals surface area contributed by atoms with Gasteiger partial charge in [0.05, 0.1) is 18.2 Å². The predicted molar refractivity (Wildman–Crippen MR) is 65.7 cm³/mol. The van der Waals surface area contributed by atoms with Crippen LogP contribution < -0.4 is 4.74 Å². The van der Waals surface area contributed by atoms with E-state index >= 15 is 0 Å². The first-order valence-corrected chi connectivity index (χ1v) is 5.32. The Balaban J connectivity index is 2.48. The van der Waals surface area contributed by atoms with Crippen LogP contribution in [0.4, 0.5) is 0 Å². The number of carbonyl (C=O) groups is 1. The minimum Gasteiger partial charge on any atom is -0.496 e. The van der Waals surface area contributed by atoms with Crippen molar-refractivity contribution in [3.05, 3.63) is 41.7 Å². The number of rotatable bonds is 3. The molecule has 5 nitrogen and oxygen atoms in total. The second-order valence-electron chi connectivity index (χ2n) is 3.80. The third-order valence-corrected chi connectivity index (χ3v) is 2.49. The number of methoxy groups -OCH3 is 1. The number of carboxylic acids is 1. The van der Waals surface area contributed by atoms with E-state index in [1.165, 1.54) is 12.4 Å². The van der Waals surface area contributed by atoms with Crippen LogP contribution in [0.25, 0.3) is 11.4 Å². The summed E-state index contributed by atoms with van der Waals surface area (Å²) in [6, 6.07) is 5.65. The highest BCUT2D eigenvalue weighted by molar-refractivity contribution is 5.87. The summed E-state index contributed by atoms with van der Waals surface area (Å²) in [4.78, 5) is 18.8. The lowest BCUT2D eigenvalue weighted by Crippen LogP contribution is -2.00. The fraction of sp³-hybridized carbons (Fsp3) is 0.154. The van der Waals surface area contributed by atoms with Crippen molar-refractivity contribution in [1.29, 1.82) is 0 Å².